The maximum absolute atomic E-state index is 13.4. The van der Waals surface area contributed by atoms with Crippen molar-refractivity contribution in [1.82, 2.24) is 5.32 Å². The number of methoxy groups -OCH3 is 1. The Morgan fingerprint density at radius 3 is 2.43 bits per heavy atom. The van der Waals surface area contributed by atoms with E-state index in [4.69, 9.17) is 4.74 Å². The summed E-state index contributed by atoms with van der Waals surface area (Å²) in [7, 11) is 1.22. The van der Waals surface area contributed by atoms with Crippen LogP contribution < -0.4 is 5.32 Å². The second-order valence-electron chi connectivity index (χ2n) is 5.33. The fourth-order valence-corrected chi connectivity index (χ4v) is 1.90. The zero-order chi connectivity index (χ0) is 17.4. The Morgan fingerprint density at radius 2 is 1.87 bits per heavy atom. The fraction of sp³-hybridized carbons (Fsp3) is 0.438. The number of ether oxygens (including phenoxy) is 2. The Balaban J connectivity index is 2.56. The molecule has 0 aliphatic heterocycles. The summed E-state index contributed by atoms with van der Waals surface area (Å²) >= 11 is 0. The van der Waals surface area contributed by atoms with E-state index in [1.807, 2.05) is 13.8 Å². The van der Waals surface area contributed by atoms with Crippen LogP contribution in [0.4, 0.5) is 4.39 Å². The van der Waals surface area contributed by atoms with Gasteiger partial charge in [-0.25, -0.2) is 14.0 Å². The van der Waals surface area contributed by atoms with Gasteiger partial charge in [-0.05, 0) is 24.5 Å². The molecule has 0 unspecified atom stereocenters. The number of hydrogen-bond donors (Lipinski definition) is 1. The van der Waals surface area contributed by atoms with E-state index in [1.54, 1.807) is 0 Å². The molecular weight excluding hydrogens is 305 g/mol. The van der Waals surface area contributed by atoms with Gasteiger partial charge in [0.05, 0.1) is 12.7 Å². The number of rotatable bonds is 7. The van der Waals surface area contributed by atoms with E-state index in [2.05, 4.69) is 10.1 Å². The van der Waals surface area contributed by atoms with Crippen LogP contribution in [-0.4, -0.2) is 37.6 Å². The molecule has 0 radical (unpaired) electrons. The van der Waals surface area contributed by atoms with Crippen LogP contribution in [0.3, 0.4) is 0 Å². The number of esters is 2. The molecule has 0 saturated heterocycles. The highest BCUT2D eigenvalue weighted by Crippen LogP contribution is 2.08. The van der Waals surface area contributed by atoms with Crippen LogP contribution in [-0.2, 0) is 19.1 Å². The fourth-order valence-electron chi connectivity index (χ4n) is 1.90. The molecule has 1 amide bonds. The van der Waals surface area contributed by atoms with Gasteiger partial charge >= 0.3 is 11.9 Å². The van der Waals surface area contributed by atoms with Crippen molar-refractivity contribution in [3.05, 3.63) is 35.6 Å². The second-order valence-corrected chi connectivity index (χ2v) is 5.33. The Hall–Kier alpha value is -2.44. The topological polar surface area (TPSA) is 81.7 Å². The van der Waals surface area contributed by atoms with Crippen molar-refractivity contribution in [2.24, 2.45) is 5.92 Å². The summed E-state index contributed by atoms with van der Waals surface area (Å²) in [5.41, 5.74) is -0.257. The van der Waals surface area contributed by atoms with Crippen LogP contribution in [0.1, 0.15) is 30.6 Å². The van der Waals surface area contributed by atoms with Gasteiger partial charge in [0.25, 0.3) is 5.91 Å². The number of hydrogen-bond acceptors (Lipinski definition) is 5. The lowest BCUT2D eigenvalue weighted by Crippen LogP contribution is -2.44. The van der Waals surface area contributed by atoms with Gasteiger partial charge in [-0.15, -0.1) is 0 Å². The molecule has 0 fully saturated rings. The van der Waals surface area contributed by atoms with Gasteiger partial charge in [0.1, 0.15) is 11.9 Å². The van der Waals surface area contributed by atoms with Gasteiger partial charge in [0.2, 0.25) is 0 Å². The van der Waals surface area contributed by atoms with Crippen LogP contribution in [0, 0.1) is 11.7 Å². The van der Waals surface area contributed by atoms with Crippen molar-refractivity contribution in [1.29, 1.82) is 0 Å². The van der Waals surface area contributed by atoms with Gasteiger partial charge in [-0.2, -0.15) is 0 Å². The molecule has 0 aromatic heterocycles. The predicted molar refractivity (Wildman–Crippen MR) is 80.1 cm³/mol. The van der Waals surface area contributed by atoms with Gasteiger partial charge in [-0.3, -0.25) is 4.79 Å². The summed E-state index contributed by atoms with van der Waals surface area (Å²) in [5, 5.41) is 2.44. The molecule has 126 valence electrons. The molecule has 1 aromatic carbocycles. The number of halogens is 1. The summed E-state index contributed by atoms with van der Waals surface area (Å²) in [6.45, 7) is 3.17. The first-order valence-electron chi connectivity index (χ1n) is 7.14. The molecular formula is C16H20FNO5. The maximum atomic E-state index is 13.4. The molecule has 0 bridgehead atoms. The van der Waals surface area contributed by atoms with Crippen LogP contribution in [0.5, 0.6) is 0 Å². The minimum absolute atomic E-state index is 0.153. The molecule has 0 heterocycles. The molecule has 0 aliphatic carbocycles. The van der Waals surface area contributed by atoms with E-state index >= 15 is 0 Å². The highest BCUT2D eigenvalue weighted by atomic mass is 19.1. The molecule has 1 N–H and O–H groups in total. The standard InChI is InChI=1S/C16H20FNO5/c1-10(2)8-13(16(21)22-3)18-14(19)9-23-15(20)11-6-4-5-7-12(11)17/h4-7,10,13H,8-9H2,1-3H3,(H,18,19)/t13-/m1/s1. The van der Waals surface area contributed by atoms with Crippen LogP contribution in [0.15, 0.2) is 24.3 Å². The van der Waals surface area contributed by atoms with Gasteiger partial charge in [0, 0.05) is 0 Å². The van der Waals surface area contributed by atoms with Crippen molar-refractivity contribution >= 4 is 17.8 Å². The SMILES string of the molecule is COC(=O)[C@@H](CC(C)C)NC(=O)COC(=O)c1ccccc1F. The van der Waals surface area contributed by atoms with Crippen molar-refractivity contribution < 1.29 is 28.2 Å². The van der Waals surface area contributed by atoms with Crippen LogP contribution in [0.25, 0.3) is 0 Å². The third kappa shape index (κ3) is 6.06. The minimum atomic E-state index is -0.947. The molecule has 1 atom stereocenters. The monoisotopic (exact) mass is 325 g/mol. The Kier molecular flexibility index (Phi) is 7.18. The number of carbonyl (C=O) groups excluding carboxylic acids is 3. The average molecular weight is 325 g/mol. The number of nitrogens with one attached hydrogen (secondary N) is 1. The summed E-state index contributed by atoms with van der Waals surface area (Å²) in [4.78, 5) is 35.1. The van der Waals surface area contributed by atoms with Crippen molar-refractivity contribution in [3.63, 3.8) is 0 Å². The van der Waals surface area contributed by atoms with Gasteiger partial charge in [0.15, 0.2) is 6.61 Å². The van der Waals surface area contributed by atoms with E-state index in [9.17, 15) is 18.8 Å². The van der Waals surface area contributed by atoms with E-state index < -0.39 is 36.3 Å². The lowest BCUT2D eigenvalue weighted by molar-refractivity contribution is -0.145. The molecule has 6 nitrogen and oxygen atoms in total. The summed E-state index contributed by atoms with van der Waals surface area (Å²) in [6.07, 6.45) is 0.389. The number of carbonyl (C=O) groups is 3. The predicted octanol–water partition coefficient (Wildman–Crippen LogP) is 1.69. The zero-order valence-corrected chi connectivity index (χ0v) is 13.3. The quantitative estimate of drug-likeness (QED) is 0.772. The third-order valence-electron chi connectivity index (χ3n) is 2.96. The van der Waals surface area contributed by atoms with Crippen molar-refractivity contribution in [2.75, 3.05) is 13.7 Å². The molecule has 23 heavy (non-hydrogen) atoms. The first kappa shape index (κ1) is 18.6. The van der Waals surface area contributed by atoms with Gasteiger partial charge in [-0.1, -0.05) is 26.0 Å². The minimum Gasteiger partial charge on any atom is -0.467 e. The first-order chi connectivity index (χ1) is 10.8. The smallest absolute Gasteiger partial charge is 0.341 e. The molecule has 7 heteroatoms. The summed E-state index contributed by atoms with van der Waals surface area (Å²) in [6, 6.07) is 4.47. The normalized spacial score (nSPS) is 11.7. The van der Waals surface area contributed by atoms with E-state index in [0.717, 1.165) is 6.07 Å². The van der Waals surface area contributed by atoms with E-state index in [-0.39, 0.29) is 11.5 Å². The number of amides is 1. The highest BCUT2D eigenvalue weighted by molar-refractivity contribution is 5.92. The maximum Gasteiger partial charge on any atom is 0.341 e. The molecule has 0 aliphatic rings. The largest absolute Gasteiger partial charge is 0.467 e. The first-order valence-corrected chi connectivity index (χ1v) is 7.14. The Bertz CT molecular complexity index is 573. The Morgan fingerprint density at radius 1 is 1.22 bits per heavy atom. The van der Waals surface area contributed by atoms with E-state index in [1.165, 1.54) is 25.3 Å². The third-order valence-corrected chi connectivity index (χ3v) is 2.96. The Labute approximate surface area is 134 Å². The molecule has 1 rings (SSSR count). The van der Waals surface area contributed by atoms with E-state index in [0.29, 0.717) is 6.42 Å². The summed E-state index contributed by atoms with van der Waals surface area (Å²) < 4.78 is 22.8. The molecule has 0 saturated carbocycles. The average Bonchev–Trinajstić information content (AvgIpc) is 2.51. The zero-order valence-electron chi connectivity index (χ0n) is 13.3. The summed E-state index contributed by atoms with van der Waals surface area (Å²) in [5.74, 6) is -2.76. The van der Waals surface area contributed by atoms with Gasteiger partial charge < -0.3 is 14.8 Å². The lowest BCUT2D eigenvalue weighted by atomic mass is 10.0. The highest BCUT2D eigenvalue weighted by Gasteiger charge is 2.23. The van der Waals surface area contributed by atoms with Crippen molar-refractivity contribution in [3.8, 4) is 0 Å². The second kappa shape index (κ2) is 8.87. The van der Waals surface area contributed by atoms with Crippen LogP contribution in [0.2, 0.25) is 0 Å². The molecule has 0 spiro atoms. The lowest BCUT2D eigenvalue weighted by Gasteiger charge is -2.18. The number of benzene rings is 1. The van der Waals surface area contributed by atoms with Crippen molar-refractivity contribution in [2.45, 2.75) is 26.3 Å². The van der Waals surface area contributed by atoms with Crippen LogP contribution >= 0.6 is 0 Å². The molecule has 1 aromatic rings.